The fourth-order valence-corrected chi connectivity index (χ4v) is 3.94. The van der Waals surface area contributed by atoms with Crippen LogP contribution < -0.4 is 5.32 Å². The minimum atomic E-state index is -1.26. The monoisotopic (exact) mass is 388 g/mol. The Morgan fingerprint density at radius 1 is 1.22 bits per heavy atom. The number of fused-ring (bicyclic) bond motifs is 5. The summed E-state index contributed by atoms with van der Waals surface area (Å²) in [5.41, 5.74) is 6.98. The van der Waals surface area contributed by atoms with Crippen LogP contribution in [-0.4, -0.2) is 33.3 Å². The number of hydrogen-bond donors (Lipinski definition) is 3. The summed E-state index contributed by atoms with van der Waals surface area (Å²) in [6, 6.07) is 9.13. The van der Waals surface area contributed by atoms with E-state index in [0.717, 1.165) is 31.0 Å². The van der Waals surface area contributed by atoms with Gasteiger partial charge in [-0.05, 0) is 43.0 Å². The number of aliphatic carboxylic acids is 2. The number of aromatic nitrogens is 1. The average Bonchev–Trinajstić information content (AvgIpc) is 3.01. The van der Waals surface area contributed by atoms with Gasteiger partial charge in [0, 0.05) is 47.6 Å². The van der Waals surface area contributed by atoms with Crippen molar-refractivity contribution in [3.63, 3.8) is 0 Å². The number of rotatable bonds is 2. The third-order valence-corrected chi connectivity index (χ3v) is 5.18. The highest BCUT2D eigenvalue weighted by Gasteiger charge is 2.27. The van der Waals surface area contributed by atoms with Crippen LogP contribution in [0.1, 0.15) is 29.8 Å². The van der Waals surface area contributed by atoms with E-state index in [-0.39, 0.29) is 0 Å². The summed E-state index contributed by atoms with van der Waals surface area (Å²) in [4.78, 5) is 19.1. The van der Waals surface area contributed by atoms with Crippen molar-refractivity contribution < 1.29 is 19.8 Å². The summed E-state index contributed by atoms with van der Waals surface area (Å²) < 4.78 is 2.49. The molecular weight excluding hydrogens is 368 g/mol. The molecule has 0 bridgehead atoms. The zero-order valence-corrected chi connectivity index (χ0v) is 15.7. The van der Waals surface area contributed by atoms with Gasteiger partial charge >= 0.3 is 11.9 Å². The Morgan fingerprint density at radius 2 is 1.93 bits per heavy atom. The van der Waals surface area contributed by atoms with E-state index in [4.69, 9.17) is 21.8 Å². The summed E-state index contributed by atoms with van der Waals surface area (Å²) in [5, 5.41) is 20.1. The Labute approximate surface area is 162 Å². The second kappa shape index (κ2) is 7.98. The van der Waals surface area contributed by atoms with Crippen LogP contribution in [0.4, 0.5) is 0 Å². The Morgan fingerprint density at radius 3 is 2.59 bits per heavy atom. The van der Waals surface area contributed by atoms with Crippen molar-refractivity contribution >= 4 is 23.5 Å². The lowest BCUT2D eigenvalue weighted by Crippen LogP contribution is -2.31. The summed E-state index contributed by atoms with van der Waals surface area (Å²) in [5.74, 6) is -2.51. The molecule has 0 saturated heterocycles. The molecule has 0 spiro atoms. The third kappa shape index (κ3) is 4.07. The van der Waals surface area contributed by atoms with Gasteiger partial charge < -0.3 is 20.1 Å². The molecule has 1 unspecified atom stereocenters. The number of halogens is 1. The van der Waals surface area contributed by atoms with Crippen LogP contribution in [0.5, 0.6) is 0 Å². The summed E-state index contributed by atoms with van der Waals surface area (Å²) in [6.45, 7) is 4.35. The molecule has 1 aliphatic heterocycles. The highest BCUT2D eigenvalue weighted by Crippen LogP contribution is 2.40. The van der Waals surface area contributed by atoms with Gasteiger partial charge in [0.25, 0.3) is 0 Å². The van der Waals surface area contributed by atoms with E-state index in [9.17, 15) is 9.59 Å². The van der Waals surface area contributed by atoms with Crippen molar-refractivity contribution in [2.75, 3.05) is 6.54 Å². The number of nitrogens with one attached hydrogen (secondary N) is 1. The second-order valence-electron chi connectivity index (χ2n) is 6.55. The van der Waals surface area contributed by atoms with Crippen LogP contribution in [0.25, 0.3) is 11.3 Å². The fraction of sp³-hybridized carbons (Fsp3) is 0.300. The summed E-state index contributed by atoms with van der Waals surface area (Å²) in [6.07, 6.45) is 3.29. The highest BCUT2D eigenvalue weighted by atomic mass is 35.5. The Balaban J connectivity index is 0.000000226. The first-order valence-corrected chi connectivity index (χ1v) is 9.13. The number of benzene rings is 1. The number of aryl methyl sites for hydroxylation is 1. The van der Waals surface area contributed by atoms with E-state index in [2.05, 4.69) is 35.0 Å². The third-order valence-electron chi connectivity index (χ3n) is 4.82. The molecule has 2 aromatic rings. The van der Waals surface area contributed by atoms with Gasteiger partial charge in [-0.2, -0.15) is 0 Å². The van der Waals surface area contributed by atoms with Gasteiger partial charge in [-0.3, -0.25) is 0 Å². The SMILES string of the molecule is CC1NCCn2c1cc1c2-c2cccc(Cl)c2CC1.O=C(O)C=CC(=O)O. The molecule has 142 valence electrons. The summed E-state index contributed by atoms with van der Waals surface area (Å²) >= 11 is 6.37. The maximum atomic E-state index is 9.55. The minimum Gasteiger partial charge on any atom is -0.478 e. The molecule has 6 nitrogen and oxygen atoms in total. The molecule has 2 aliphatic rings. The van der Waals surface area contributed by atoms with E-state index in [1.165, 1.54) is 28.1 Å². The number of nitrogens with zero attached hydrogens (tertiary/aromatic N) is 1. The standard InChI is InChI=1S/C16H17ClN2.C4H4O4/c1-10-15-9-11-5-6-12-13(3-2-4-14(12)17)16(11)19(15)8-7-18-10;5-3(6)1-2-4(7)8/h2-4,9-10,18H,5-8H2,1H3;1-2H,(H,5,6)(H,7,8). The van der Waals surface area contributed by atoms with Gasteiger partial charge in [0.1, 0.15) is 0 Å². The lowest BCUT2D eigenvalue weighted by Gasteiger charge is -2.26. The Kier molecular flexibility index (Phi) is 5.68. The van der Waals surface area contributed by atoms with E-state index < -0.39 is 11.9 Å². The second-order valence-corrected chi connectivity index (χ2v) is 6.95. The van der Waals surface area contributed by atoms with Crippen LogP contribution in [0.3, 0.4) is 0 Å². The molecule has 4 rings (SSSR count). The average molecular weight is 389 g/mol. The molecule has 1 atom stereocenters. The molecule has 1 aromatic carbocycles. The maximum Gasteiger partial charge on any atom is 0.328 e. The van der Waals surface area contributed by atoms with Crippen LogP contribution >= 0.6 is 11.6 Å². The van der Waals surface area contributed by atoms with Gasteiger partial charge in [0.15, 0.2) is 0 Å². The lowest BCUT2D eigenvalue weighted by atomic mass is 9.90. The normalized spacial score (nSPS) is 17.3. The minimum absolute atomic E-state index is 0.446. The maximum absolute atomic E-state index is 9.55. The number of hydrogen-bond acceptors (Lipinski definition) is 3. The molecular formula is C20H21ClN2O4. The molecule has 0 fully saturated rings. The van der Waals surface area contributed by atoms with Crippen LogP contribution in [-0.2, 0) is 29.0 Å². The Hall–Kier alpha value is -2.57. The number of carboxylic acid groups (broad SMARTS) is 2. The number of carboxylic acids is 2. The molecule has 27 heavy (non-hydrogen) atoms. The van der Waals surface area contributed by atoms with Crippen LogP contribution in [0.2, 0.25) is 5.02 Å². The smallest absolute Gasteiger partial charge is 0.328 e. The first kappa shape index (κ1) is 19.2. The zero-order chi connectivity index (χ0) is 19.6. The van der Waals surface area contributed by atoms with Crippen molar-refractivity contribution in [3.05, 3.63) is 58.3 Å². The largest absolute Gasteiger partial charge is 0.478 e. The van der Waals surface area contributed by atoms with Crippen molar-refractivity contribution in [1.82, 2.24) is 9.88 Å². The fourth-order valence-electron chi connectivity index (χ4n) is 3.67. The van der Waals surface area contributed by atoms with E-state index >= 15 is 0 Å². The van der Waals surface area contributed by atoms with Gasteiger partial charge in [0.05, 0.1) is 5.69 Å². The van der Waals surface area contributed by atoms with Crippen molar-refractivity contribution in [2.45, 2.75) is 32.4 Å². The molecule has 1 aliphatic carbocycles. The Bertz CT molecular complexity index is 901. The van der Waals surface area contributed by atoms with Crippen molar-refractivity contribution in [3.8, 4) is 11.3 Å². The van der Waals surface area contributed by atoms with Gasteiger partial charge in [-0.15, -0.1) is 0 Å². The molecule has 0 amide bonds. The molecule has 0 radical (unpaired) electrons. The number of carbonyl (C=O) groups is 2. The predicted octanol–water partition coefficient (Wildman–Crippen LogP) is 3.28. The van der Waals surface area contributed by atoms with Crippen LogP contribution in [0.15, 0.2) is 36.4 Å². The molecule has 2 heterocycles. The molecule has 3 N–H and O–H groups in total. The topological polar surface area (TPSA) is 91.6 Å². The predicted molar refractivity (Wildman–Crippen MR) is 103 cm³/mol. The highest BCUT2D eigenvalue weighted by molar-refractivity contribution is 6.31. The van der Waals surface area contributed by atoms with Gasteiger partial charge in [-0.1, -0.05) is 23.7 Å². The molecule has 7 heteroatoms. The van der Waals surface area contributed by atoms with Gasteiger partial charge in [0.2, 0.25) is 0 Å². The first-order chi connectivity index (χ1) is 12.9. The van der Waals surface area contributed by atoms with E-state index in [0.29, 0.717) is 18.2 Å². The lowest BCUT2D eigenvalue weighted by molar-refractivity contribution is -0.134. The quantitative estimate of drug-likeness (QED) is 0.687. The zero-order valence-electron chi connectivity index (χ0n) is 14.9. The van der Waals surface area contributed by atoms with Crippen molar-refractivity contribution in [2.24, 2.45) is 0 Å². The van der Waals surface area contributed by atoms with Crippen LogP contribution in [0, 0.1) is 0 Å². The van der Waals surface area contributed by atoms with Gasteiger partial charge in [-0.25, -0.2) is 9.59 Å². The first-order valence-electron chi connectivity index (χ1n) is 8.76. The molecule has 1 aromatic heterocycles. The van der Waals surface area contributed by atoms with Crippen molar-refractivity contribution in [1.29, 1.82) is 0 Å². The molecule has 0 saturated carbocycles. The van der Waals surface area contributed by atoms with E-state index in [1.807, 2.05) is 6.07 Å². The summed E-state index contributed by atoms with van der Waals surface area (Å²) in [7, 11) is 0. The van der Waals surface area contributed by atoms with E-state index in [1.54, 1.807) is 0 Å².